The quantitative estimate of drug-likeness (QED) is 0.468. The molecule has 3 rings (SSSR count). The summed E-state index contributed by atoms with van der Waals surface area (Å²) in [5.41, 5.74) is 0.861. The van der Waals surface area contributed by atoms with Gasteiger partial charge in [-0.05, 0) is 61.5 Å². The topological polar surface area (TPSA) is 77.8 Å². The first kappa shape index (κ1) is 21.3. The molecule has 3 aromatic rings. The van der Waals surface area contributed by atoms with Crippen LogP contribution in [0.3, 0.4) is 0 Å². The molecule has 1 heterocycles. The van der Waals surface area contributed by atoms with E-state index < -0.39 is 12.5 Å². The third-order valence-corrected chi connectivity index (χ3v) is 4.23. The van der Waals surface area contributed by atoms with E-state index >= 15 is 0 Å². The van der Waals surface area contributed by atoms with Gasteiger partial charge in [0, 0.05) is 11.3 Å². The van der Waals surface area contributed by atoms with Crippen LogP contribution in [0.2, 0.25) is 5.02 Å². The number of Topliss-reactive ketones (excluding diaryl/α,β-unsaturated/α-hetero) is 1. The van der Waals surface area contributed by atoms with Gasteiger partial charge in [-0.1, -0.05) is 11.6 Å². The molecule has 6 nitrogen and oxygen atoms in total. The third kappa shape index (κ3) is 5.57. The van der Waals surface area contributed by atoms with Gasteiger partial charge in [-0.15, -0.1) is 0 Å². The molecule has 0 unspecified atom stereocenters. The number of alkyl halides is 2. The second-order valence-electron chi connectivity index (χ2n) is 6.11. The lowest BCUT2D eigenvalue weighted by Crippen LogP contribution is -2.11. The number of halogens is 3. The Bertz CT molecular complexity index is 1050. The number of carbonyl (C=O) groups is 2. The number of nitrogens with one attached hydrogen (secondary N) is 1. The van der Waals surface area contributed by atoms with Crippen LogP contribution in [0.25, 0.3) is 0 Å². The molecule has 1 aromatic heterocycles. The summed E-state index contributed by atoms with van der Waals surface area (Å²) in [5.74, 6) is 0.201. The minimum Gasteiger partial charge on any atom is -0.486 e. The molecule has 0 bridgehead atoms. The average Bonchev–Trinajstić information content (AvgIpc) is 3.18. The van der Waals surface area contributed by atoms with E-state index in [1.165, 1.54) is 31.2 Å². The van der Waals surface area contributed by atoms with Crippen molar-refractivity contribution in [3.63, 3.8) is 0 Å². The maximum atomic E-state index is 12.3. The van der Waals surface area contributed by atoms with Crippen LogP contribution in [0.1, 0.15) is 33.6 Å². The molecule has 0 spiro atoms. The number of hydrogen-bond donors (Lipinski definition) is 1. The highest BCUT2D eigenvalue weighted by molar-refractivity contribution is 6.32. The van der Waals surface area contributed by atoms with Crippen LogP contribution >= 0.6 is 11.6 Å². The molecule has 9 heteroatoms. The van der Waals surface area contributed by atoms with Crippen molar-refractivity contribution in [3.05, 3.63) is 76.7 Å². The number of amides is 1. The number of furan rings is 1. The summed E-state index contributed by atoms with van der Waals surface area (Å²) in [6.45, 7) is -1.44. The molecule has 0 aliphatic heterocycles. The maximum Gasteiger partial charge on any atom is 0.387 e. The summed E-state index contributed by atoms with van der Waals surface area (Å²) < 4.78 is 39.8. The number of benzene rings is 2. The molecule has 156 valence electrons. The number of anilines is 1. The van der Waals surface area contributed by atoms with Crippen molar-refractivity contribution in [2.45, 2.75) is 20.1 Å². The van der Waals surface area contributed by atoms with Gasteiger partial charge in [-0.2, -0.15) is 8.78 Å². The second-order valence-corrected chi connectivity index (χ2v) is 6.52. The Morgan fingerprint density at radius 1 is 1.10 bits per heavy atom. The zero-order chi connectivity index (χ0) is 21.7. The van der Waals surface area contributed by atoms with Crippen LogP contribution < -0.4 is 14.8 Å². The van der Waals surface area contributed by atoms with E-state index in [-0.39, 0.29) is 34.6 Å². The van der Waals surface area contributed by atoms with Gasteiger partial charge in [-0.25, -0.2) is 0 Å². The predicted octanol–water partition coefficient (Wildman–Crippen LogP) is 5.57. The van der Waals surface area contributed by atoms with Crippen LogP contribution in [-0.2, 0) is 6.61 Å². The van der Waals surface area contributed by atoms with Crippen LogP contribution in [0.5, 0.6) is 11.5 Å². The molecule has 0 atom stereocenters. The Balaban J connectivity index is 1.58. The number of ether oxygens (including phenoxy) is 2. The zero-order valence-electron chi connectivity index (χ0n) is 15.7. The third-order valence-electron chi connectivity index (χ3n) is 3.93. The lowest BCUT2D eigenvalue weighted by atomic mass is 10.1. The molecular formula is C21H16ClF2NO5. The smallest absolute Gasteiger partial charge is 0.387 e. The number of hydrogen-bond acceptors (Lipinski definition) is 5. The van der Waals surface area contributed by atoms with Crippen molar-refractivity contribution >= 4 is 29.0 Å². The van der Waals surface area contributed by atoms with Gasteiger partial charge < -0.3 is 19.2 Å². The average molecular weight is 436 g/mol. The summed E-state index contributed by atoms with van der Waals surface area (Å²) in [4.78, 5) is 23.6. The van der Waals surface area contributed by atoms with Crippen molar-refractivity contribution in [2.24, 2.45) is 0 Å². The fraction of sp³-hybridized carbons (Fsp3) is 0.143. The van der Waals surface area contributed by atoms with Gasteiger partial charge in [-0.3, -0.25) is 9.59 Å². The molecule has 0 aliphatic rings. The van der Waals surface area contributed by atoms with Crippen LogP contribution in [-0.4, -0.2) is 18.3 Å². The fourth-order valence-electron chi connectivity index (χ4n) is 2.48. The lowest BCUT2D eigenvalue weighted by molar-refractivity contribution is -0.0497. The number of ketones is 1. The van der Waals surface area contributed by atoms with Gasteiger partial charge in [0.15, 0.2) is 11.5 Å². The number of rotatable bonds is 8. The molecule has 0 saturated heterocycles. The van der Waals surface area contributed by atoms with Gasteiger partial charge in [0.25, 0.3) is 5.91 Å². The summed E-state index contributed by atoms with van der Waals surface area (Å²) in [7, 11) is 0. The Hall–Kier alpha value is -3.39. The Morgan fingerprint density at radius 3 is 2.47 bits per heavy atom. The highest BCUT2D eigenvalue weighted by atomic mass is 35.5. The summed E-state index contributed by atoms with van der Waals surface area (Å²) >= 11 is 5.87. The summed E-state index contributed by atoms with van der Waals surface area (Å²) in [5, 5.41) is 2.48. The predicted molar refractivity (Wildman–Crippen MR) is 106 cm³/mol. The molecule has 0 radical (unpaired) electrons. The lowest BCUT2D eigenvalue weighted by Gasteiger charge is -2.09. The summed E-state index contributed by atoms with van der Waals surface area (Å²) in [6.07, 6.45) is 0. The van der Waals surface area contributed by atoms with Crippen molar-refractivity contribution in [1.29, 1.82) is 0 Å². The molecular weight excluding hydrogens is 420 g/mol. The standard InChI is InChI=1S/C21H16ClF2NO5/c1-12(26)13-2-5-15(6-3-13)28-11-16-7-9-19(29-16)20(27)25-14-4-8-18(17(22)10-14)30-21(23)24/h2-10,21H,11H2,1H3,(H,25,27). The Morgan fingerprint density at radius 2 is 1.83 bits per heavy atom. The first-order valence-electron chi connectivity index (χ1n) is 8.70. The van der Waals surface area contributed by atoms with Crippen molar-refractivity contribution in [3.8, 4) is 11.5 Å². The van der Waals surface area contributed by atoms with E-state index in [9.17, 15) is 18.4 Å². The van der Waals surface area contributed by atoms with Crippen molar-refractivity contribution in [1.82, 2.24) is 0 Å². The normalized spacial score (nSPS) is 10.7. The molecule has 0 aliphatic carbocycles. The molecule has 0 saturated carbocycles. The van der Waals surface area contributed by atoms with Gasteiger partial charge in [0.05, 0.1) is 5.02 Å². The highest BCUT2D eigenvalue weighted by Crippen LogP contribution is 2.29. The fourth-order valence-corrected chi connectivity index (χ4v) is 2.71. The van der Waals surface area contributed by atoms with Crippen molar-refractivity contribution in [2.75, 3.05) is 5.32 Å². The summed E-state index contributed by atoms with van der Waals surface area (Å²) in [6, 6.07) is 13.6. The first-order chi connectivity index (χ1) is 14.3. The van der Waals surface area contributed by atoms with E-state index in [1.807, 2.05) is 0 Å². The maximum absolute atomic E-state index is 12.3. The Kier molecular flexibility index (Phi) is 6.68. The van der Waals surface area contributed by atoms with Crippen molar-refractivity contribution < 1.29 is 32.3 Å². The minimum atomic E-state index is -3.00. The van der Waals surface area contributed by atoms with E-state index in [0.29, 0.717) is 17.1 Å². The molecule has 2 aromatic carbocycles. The largest absolute Gasteiger partial charge is 0.486 e. The minimum absolute atomic E-state index is 0.0320. The molecule has 1 N–H and O–H groups in total. The van der Waals surface area contributed by atoms with E-state index in [1.54, 1.807) is 30.3 Å². The van der Waals surface area contributed by atoms with Crippen LogP contribution in [0.15, 0.2) is 59.0 Å². The monoisotopic (exact) mass is 435 g/mol. The number of carbonyl (C=O) groups excluding carboxylic acids is 2. The van der Waals surface area contributed by atoms with E-state index in [4.69, 9.17) is 20.8 Å². The van der Waals surface area contributed by atoms with Crippen LogP contribution in [0, 0.1) is 0 Å². The highest BCUT2D eigenvalue weighted by Gasteiger charge is 2.14. The van der Waals surface area contributed by atoms with E-state index in [2.05, 4.69) is 10.1 Å². The van der Waals surface area contributed by atoms with Gasteiger partial charge >= 0.3 is 6.61 Å². The first-order valence-corrected chi connectivity index (χ1v) is 9.08. The van der Waals surface area contributed by atoms with Gasteiger partial charge in [0.2, 0.25) is 0 Å². The SMILES string of the molecule is CC(=O)c1ccc(OCc2ccc(C(=O)Nc3ccc(OC(F)F)c(Cl)c3)o2)cc1. The van der Waals surface area contributed by atoms with E-state index in [0.717, 1.165) is 0 Å². The Labute approximate surface area is 175 Å². The van der Waals surface area contributed by atoms with Crippen LogP contribution in [0.4, 0.5) is 14.5 Å². The molecule has 30 heavy (non-hydrogen) atoms. The van der Waals surface area contributed by atoms with Gasteiger partial charge in [0.1, 0.15) is 23.9 Å². The molecule has 0 fully saturated rings. The zero-order valence-corrected chi connectivity index (χ0v) is 16.4. The molecule has 1 amide bonds. The second kappa shape index (κ2) is 9.41.